The molecule has 0 aliphatic heterocycles. The zero-order valence-corrected chi connectivity index (χ0v) is 29.7. The van der Waals surface area contributed by atoms with Gasteiger partial charge in [0.25, 0.3) is 5.91 Å². The van der Waals surface area contributed by atoms with Gasteiger partial charge in [0.2, 0.25) is 11.9 Å². The number of nitrogens with zero attached hydrogens (tertiary/aromatic N) is 3. The molecular formula is C36H36ClF3N8O6. The summed E-state index contributed by atoms with van der Waals surface area (Å²) in [6, 6.07) is 17.8. The van der Waals surface area contributed by atoms with Crippen molar-refractivity contribution in [2.24, 2.45) is 0 Å². The lowest BCUT2D eigenvalue weighted by molar-refractivity contribution is -0.154. The van der Waals surface area contributed by atoms with Crippen molar-refractivity contribution in [3.63, 3.8) is 0 Å². The summed E-state index contributed by atoms with van der Waals surface area (Å²) in [6.07, 6.45) is -3.46. The molecule has 3 amide bonds. The molecule has 18 heteroatoms. The predicted molar refractivity (Wildman–Crippen MR) is 193 cm³/mol. The van der Waals surface area contributed by atoms with E-state index < -0.39 is 54.1 Å². The largest absolute Gasteiger partial charge is 0.480 e. The Kier molecular flexibility index (Phi) is 12.2. The molecule has 1 fully saturated rings. The number of hydrogen-bond acceptors (Lipinski definition) is 10. The Bertz CT molecular complexity index is 1990. The number of benzene rings is 3. The number of alkyl halides is 3. The van der Waals surface area contributed by atoms with Gasteiger partial charge in [-0.1, -0.05) is 49.7 Å². The number of rotatable bonds is 15. The number of carboxylic acids is 1. The number of anilines is 4. The number of aromatic nitrogens is 3. The Labute approximate surface area is 312 Å². The van der Waals surface area contributed by atoms with Gasteiger partial charge in [-0.15, -0.1) is 0 Å². The average molecular weight is 769 g/mol. The monoisotopic (exact) mass is 768 g/mol. The molecule has 0 radical (unpaired) electrons. The van der Waals surface area contributed by atoms with Gasteiger partial charge in [-0.05, 0) is 84.8 Å². The molecule has 3 aromatic carbocycles. The summed E-state index contributed by atoms with van der Waals surface area (Å²) in [5.41, 5.74) is 2.13. The van der Waals surface area contributed by atoms with Gasteiger partial charge in [0, 0.05) is 28.5 Å². The second-order valence-corrected chi connectivity index (χ2v) is 13.2. The van der Waals surface area contributed by atoms with Crippen LogP contribution in [-0.4, -0.2) is 69.1 Å². The lowest BCUT2D eigenvalue weighted by Crippen LogP contribution is -2.44. The Morgan fingerprint density at radius 2 is 1.59 bits per heavy atom. The van der Waals surface area contributed by atoms with E-state index in [4.69, 9.17) is 16.3 Å². The third-order valence-electron chi connectivity index (χ3n) is 8.22. The fourth-order valence-electron chi connectivity index (χ4n) is 5.18. The van der Waals surface area contributed by atoms with Crippen LogP contribution in [0, 0.1) is 0 Å². The SMILES string of the molecule is CC(C)c1cccc(NC(=O)C(=O)NCC[C@H](NC(=O)c2ccc(Nc3nc(NC4(c5ccc(Cl)cc5)CC4)nc(OCC(F)(F)F)n3)cc2)C(=O)O)c1. The average Bonchev–Trinajstić information content (AvgIpc) is 3.90. The Balaban J connectivity index is 1.18. The van der Waals surface area contributed by atoms with Crippen LogP contribution >= 0.6 is 11.6 Å². The lowest BCUT2D eigenvalue weighted by atomic mass is 10.0. The third-order valence-corrected chi connectivity index (χ3v) is 8.47. The maximum Gasteiger partial charge on any atom is 0.422 e. The molecule has 4 aromatic rings. The van der Waals surface area contributed by atoms with Crippen molar-refractivity contribution in [1.82, 2.24) is 25.6 Å². The molecule has 6 N–H and O–H groups in total. The minimum atomic E-state index is -4.64. The summed E-state index contributed by atoms with van der Waals surface area (Å²) in [5, 5.41) is 23.5. The van der Waals surface area contributed by atoms with Crippen LogP contribution in [0.1, 0.15) is 60.5 Å². The topological polar surface area (TPSA) is 197 Å². The molecule has 0 saturated heterocycles. The van der Waals surface area contributed by atoms with Crippen LogP contribution in [0.4, 0.5) is 36.4 Å². The highest BCUT2D eigenvalue weighted by atomic mass is 35.5. The first kappa shape index (κ1) is 39.2. The zero-order valence-electron chi connectivity index (χ0n) is 29.0. The quantitative estimate of drug-likeness (QED) is 0.0805. The first-order valence-electron chi connectivity index (χ1n) is 16.7. The molecule has 0 unspecified atom stereocenters. The molecule has 0 spiro atoms. The van der Waals surface area contributed by atoms with E-state index in [2.05, 4.69) is 41.5 Å². The first-order valence-corrected chi connectivity index (χ1v) is 17.1. The van der Waals surface area contributed by atoms with Gasteiger partial charge in [0.1, 0.15) is 6.04 Å². The second kappa shape index (κ2) is 16.8. The van der Waals surface area contributed by atoms with Gasteiger partial charge in [-0.2, -0.15) is 28.1 Å². The van der Waals surface area contributed by atoms with Crippen LogP contribution in [0.15, 0.2) is 72.8 Å². The highest BCUT2D eigenvalue weighted by Gasteiger charge is 2.45. The van der Waals surface area contributed by atoms with Crippen LogP contribution in [0.3, 0.4) is 0 Å². The summed E-state index contributed by atoms with van der Waals surface area (Å²) in [5.74, 6) is -4.00. The van der Waals surface area contributed by atoms with E-state index in [0.29, 0.717) is 29.2 Å². The van der Waals surface area contributed by atoms with Crippen molar-refractivity contribution in [1.29, 1.82) is 0 Å². The molecule has 14 nitrogen and oxygen atoms in total. The standard InChI is InChI=1S/C36H36ClF3N8O6/c1-20(2)22-4-3-5-26(18-22)42-30(51)29(50)41-17-14-27(31(52)53)44-28(49)21-6-12-25(13-7-21)43-32-45-33(47-34(46-32)54-19-36(38,39)40)48-35(15-16-35)23-8-10-24(37)11-9-23/h3-13,18,20,27H,14-17,19H2,1-2H3,(H,41,50)(H,42,51)(H,44,49)(H,52,53)(H2,43,45,46,47,48)/t27-/m0/s1. The minimum Gasteiger partial charge on any atom is -0.480 e. The molecule has 1 aliphatic rings. The van der Waals surface area contributed by atoms with Gasteiger partial charge < -0.3 is 36.4 Å². The molecule has 1 aliphatic carbocycles. The normalized spacial score (nSPS) is 13.7. The number of carbonyl (C=O) groups is 4. The maximum absolute atomic E-state index is 12.9. The number of nitrogens with one attached hydrogen (secondary N) is 5. The molecule has 1 saturated carbocycles. The molecule has 1 aromatic heterocycles. The van der Waals surface area contributed by atoms with E-state index in [9.17, 15) is 37.5 Å². The van der Waals surface area contributed by atoms with Gasteiger partial charge in [-0.25, -0.2) is 4.79 Å². The van der Waals surface area contributed by atoms with Crippen molar-refractivity contribution < 1.29 is 42.2 Å². The lowest BCUT2D eigenvalue weighted by Gasteiger charge is -2.19. The van der Waals surface area contributed by atoms with Gasteiger partial charge in [0.15, 0.2) is 6.61 Å². The number of hydrogen-bond donors (Lipinski definition) is 6. The molecule has 54 heavy (non-hydrogen) atoms. The summed E-state index contributed by atoms with van der Waals surface area (Å²) >= 11 is 6.02. The number of ether oxygens (including phenoxy) is 1. The van der Waals surface area contributed by atoms with Crippen LogP contribution in [-0.2, 0) is 19.9 Å². The Morgan fingerprint density at radius 3 is 2.22 bits per heavy atom. The van der Waals surface area contributed by atoms with E-state index in [0.717, 1.165) is 11.1 Å². The van der Waals surface area contributed by atoms with E-state index in [-0.39, 0.29) is 36.3 Å². The smallest absolute Gasteiger partial charge is 0.422 e. The van der Waals surface area contributed by atoms with E-state index in [1.54, 1.807) is 30.3 Å². The Morgan fingerprint density at radius 1 is 0.907 bits per heavy atom. The fourth-order valence-corrected chi connectivity index (χ4v) is 5.31. The molecule has 284 valence electrons. The van der Waals surface area contributed by atoms with Crippen molar-refractivity contribution in [2.45, 2.75) is 56.8 Å². The summed E-state index contributed by atoms with van der Waals surface area (Å²) < 4.78 is 43.6. The van der Waals surface area contributed by atoms with Crippen molar-refractivity contribution >= 4 is 58.6 Å². The van der Waals surface area contributed by atoms with Gasteiger partial charge in [-0.3, -0.25) is 14.4 Å². The molecule has 5 rings (SSSR count). The van der Waals surface area contributed by atoms with Crippen LogP contribution in [0.25, 0.3) is 0 Å². The van der Waals surface area contributed by atoms with Crippen LogP contribution < -0.4 is 31.3 Å². The molecule has 1 atom stereocenters. The highest BCUT2D eigenvalue weighted by Crippen LogP contribution is 2.48. The summed E-state index contributed by atoms with van der Waals surface area (Å²) in [6.45, 7) is 2.11. The second-order valence-electron chi connectivity index (χ2n) is 12.7. The number of carbonyl (C=O) groups excluding carboxylic acids is 3. The molecular weight excluding hydrogens is 733 g/mol. The minimum absolute atomic E-state index is 0.0407. The first-order chi connectivity index (χ1) is 25.6. The van der Waals surface area contributed by atoms with E-state index in [1.807, 2.05) is 32.0 Å². The number of amides is 3. The highest BCUT2D eigenvalue weighted by molar-refractivity contribution is 6.39. The number of aliphatic carboxylic acids is 1. The van der Waals surface area contributed by atoms with Crippen molar-refractivity contribution in [3.8, 4) is 6.01 Å². The van der Waals surface area contributed by atoms with E-state index >= 15 is 0 Å². The van der Waals surface area contributed by atoms with Gasteiger partial charge >= 0.3 is 30.0 Å². The number of halogens is 4. The zero-order chi connectivity index (χ0) is 39.0. The van der Waals surface area contributed by atoms with Crippen LogP contribution in [0.5, 0.6) is 6.01 Å². The molecule has 1 heterocycles. The van der Waals surface area contributed by atoms with Crippen molar-refractivity contribution in [2.75, 3.05) is 29.1 Å². The van der Waals surface area contributed by atoms with Gasteiger partial charge in [0.05, 0.1) is 5.54 Å². The number of carboxylic acid groups (broad SMARTS) is 1. The third kappa shape index (κ3) is 11.0. The van der Waals surface area contributed by atoms with E-state index in [1.165, 1.54) is 24.3 Å². The van der Waals surface area contributed by atoms with Crippen LogP contribution in [0.2, 0.25) is 5.02 Å². The maximum atomic E-state index is 12.9. The summed E-state index contributed by atoms with van der Waals surface area (Å²) in [7, 11) is 0. The fraction of sp³-hybridized carbons (Fsp3) is 0.306. The summed E-state index contributed by atoms with van der Waals surface area (Å²) in [4.78, 5) is 61.8. The van der Waals surface area contributed by atoms with Crippen molar-refractivity contribution in [3.05, 3.63) is 94.5 Å². The Hall–Kier alpha value is -5.97. The predicted octanol–water partition coefficient (Wildman–Crippen LogP) is 5.76. The molecule has 0 bridgehead atoms.